The molecule has 0 amide bonds. The van der Waals surface area contributed by atoms with Crippen molar-refractivity contribution in [2.24, 2.45) is 0 Å². The second-order valence-electron chi connectivity index (χ2n) is 6.85. The van der Waals surface area contributed by atoms with Gasteiger partial charge in [0.25, 0.3) is 0 Å². The first-order valence-electron chi connectivity index (χ1n) is 7.94. The molecule has 0 radical (unpaired) electrons. The molecule has 0 saturated heterocycles. The van der Waals surface area contributed by atoms with Gasteiger partial charge in [-0.3, -0.25) is 0 Å². The van der Waals surface area contributed by atoms with Crippen LogP contribution in [0.2, 0.25) is 0 Å². The Hall–Kier alpha value is -0.870. The van der Waals surface area contributed by atoms with Crippen LogP contribution in [0, 0.1) is 0 Å². The minimum atomic E-state index is -0.00933. The second-order valence-corrected chi connectivity index (χ2v) is 6.85. The van der Waals surface area contributed by atoms with E-state index in [0.717, 1.165) is 26.1 Å². The standard InChI is InChI=1S/C16H27N3O/c1-16(2,11-20-3)19-14-8-9-17-10-13(14)18-15(19)12-6-4-5-7-12/h12,17H,4-11H2,1-3H3. The smallest absolute Gasteiger partial charge is 0.112 e. The van der Waals surface area contributed by atoms with Gasteiger partial charge in [0.05, 0.1) is 17.8 Å². The van der Waals surface area contributed by atoms with Gasteiger partial charge in [0, 0.05) is 38.2 Å². The number of hydrogen-bond donors (Lipinski definition) is 1. The highest BCUT2D eigenvalue weighted by Gasteiger charge is 2.33. The first kappa shape index (κ1) is 14.1. The Morgan fingerprint density at radius 3 is 2.80 bits per heavy atom. The van der Waals surface area contributed by atoms with Crippen LogP contribution in [-0.2, 0) is 23.2 Å². The molecule has 3 rings (SSSR count). The van der Waals surface area contributed by atoms with Gasteiger partial charge in [-0.1, -0.05) is 12.8 Å². The van der Waals surface area contributed by atoms with E-state index < -0.39 is 0 Å². The van der Waals surface area contributed by atoms with Gasteiger partial charge in [-0.15, -0.1) is 0 Å². The topological polar surface area (TPSA) is 39.1 Å². The maximum atomic E-state index is 5.47. The average molecular weight is 277 g/mol. The quantitative estimate of drug-likeness (QED) is 0.919. The molecule has 0 aromatic carbocycles. The minimum Gasteiger partial charge on any atom is -0.382 e. The maximum absolute atomic E-state index is 5.47. The zero-order valence-electron chi connectivity index (χ0n) is 13.0. The molecule has 1 aliphatic carbocycles. The Labute approximate surface area is 121 Å². The number of methoxy groups -OCH3 is 1. The van der Waals surface area contributed by atoms with Crippen LogP contribution in [0.25, 0.3) is 0 Å². The van der Waals surface area contributed by atoms with Gasteiger partial charge in [0.15, 0.2) is 0 Å². The minimum absolute atomic E-state index is 0.00933. The Kier molecular flexibility index (Phi) is 3.87. The summed E-state index contributed by atoms with van der Waals surface area (Å²) in [5, 5.41) is 3.45. The van der Waals surface area contributed by atoms with Crippen molar-refractivity contribution in [3.8, 4) is 0 Å². The summed E-state index contributed by atoms with van der Waals surface area (Å²) in [4.78, 5) is 5.03. The van der Waals surface area contributed by atoms with Crippen LogP contribution in [0.3, 0.4) is 0 Å². The number of nitrogens with zero attached hydrogens (tertiary/aromatic N) is 2. The molecule has 0 spiro atoms. The zero-order valence-corrected chi connectivity index (χ0v) is 13.0. The molecule has 2 heterocycles. The van der Waals surface area contributed by atoms with E-state index in [1.807, 2.05) is 0 Å². The molecule has 1 aromatic rings. The van der Waals surface area contributed by atoms with Crippen molar-refractivity contribution in [3.63, 3.8) is 0 Å². The van der Waals surface area contributed by atoms with Crippen LogP contribution < -0.4 is 5.32 Å². The lowest BCUT2D eigenvalue weighted by atomic mass is 10.0. The van der Waals surface area contributed by atoms with Gasteiger partial charge in [-0.25, -0.2) is 4.98 Å². The van der Waals surface area contributed by atoms with E-state index >= 15 is 0 Å². The van der Waals surface area contributed by atoms with Crippen LogP contribution in [0.15, 0.2) is 0 Å². The highest BCUT2D eigenvalue weighted by molar-refractivity contribution is 5.24. The van der Waals surface area contributed by atoms with E-state index in [-0.39, 0.29) is 5.54 Å². The molecular formula is C16H27N3O. The fraction of sp³-hybridized carbons (Fsp3) is 0.812. The summed E-state index contributed by atoms with van der Waals surface area (Å²) in [7, 11) is 1.79. The molecule has 4 heteroatoms. The third-order valence-corrected chi connectivity index (χ3v) is 4.74. The summed E-state index contributed by atoms with van der Waals surface area (Å²) in [6, 6.07) is 0. The summed E-state index contributed by atoms with van der Waals surface area (Å²) < 4.78 is 7.99. The first-order valence-corrected chi connectivity index (χ1v) is 7.94. The van der Waals surface area contributed by atoms with E-state index in [1.165, 1.54) is 42.9 Å². The fourth-order valence-electron chi connectivity index (χ4n) is 3.88. The molecule has 2 aliphatic rings. The molecule has 112 valence electrons. The molecule has 1 saturated carbocycles. The lowest BCUT2D eigenvalue weighted by Gasteiger charge is -2.32. The van der Waals surface area contributed by atoms with Gasteiger partial charge in [0.2, 0.25) is 0 Å². The SMILES string of the molecule is COCC(C)(C)n1c(C2CCCC2)nc2c1CCNC2. The highest BCUT2D eigenvalue weighted by Crippen LogP contribution is 2.37. The van der Waals surface area contributed by atoms with Crippen molar-refractivity contribution >= 4 is 0 Å². The largest absolute Gasteiger partial charge is 0.382 e. The van der Waals surface area contributed by atoms with E-state index in [2.05, 4.69) is 23.7 Å². The Bertz CT molecular complexity index is 472. The van der Waals surface area contributed by atoms with Crippen LogP contribution in [0.4, 0.5) is 0 Å². The summed E-state index contributed by atoms with van der Waals surface area (Å²) in [6.45, 7) is 7.28. The van der Waals surface area contributed by atoms with E-state index in [4.69, 9.17) is 9.72 Å². The van der Waals surface area contributed by atoms with Crippen molar-refractivity contribution < 1.29 is 4.74 Å². The summed E-state index contributed by atoms with van der Waals surface area (Å²) >= 11 is 0. The van der Waals surface area contributed by atoms with Crippen molar-refractivity contribution in [1.82, 2.24) is 14.9 Å². The third-order valence-electron chi connectivity index (χ3n) is 4.74. The molecule has 1 aromatic heterocycles. The average Bonchev–Trinajstić information content (AvgIpc) is 3.05. The number of imidazole rings is 1. The van der Waals surface area contributed by atoms with E-state index in [0.29, 0.717) is 5.92 Å². The number of nitrogens with one attached hydrogen (secondary N) is 1. The maximum Gasteiger partial charge on any atom is 0.112 e. The molecule has 1 fully saturated rings. The van der Waals surface area contributed by atoms with Crippen LogP contribution in [0.1, 0.15) is 62.7 Å². The third kappa shape index (κ3) is 2.40. The van der Waals surface area contributed by atoms with E-state index in [1.54, 1.807) is 7.11 Å². The van der Waals surface area contributed by atoms with Crippen molar-refractivity contribution in [3.05, 3.63) is 17.2 Å². The van der Waals surface area contributed by atoms with Crippen LogP contribution >= 0.6 is 0 Å². The molecule has 4 nitrogen and oxygen atoms in total. The number of rotatable bonds is 4. The van der Waals surface area contributed by atoms with Gasteiger partial charge < -0.3 is 14.6 Å². The molecule has 0 atom stereocenters. The van der Waals surface area contributed by atoms with Gasteiger partial charge in [-0.05, 0) is 26.7 Å². The summed E-state index contributed by atoms with van der Waals surface area (Å²) in [5.74, 6) is 1.97. The molecular weight excluding hydrogens is 250 g/mol. The Balaban J connectivity index is 2.06. The predicted molar refractivity (Wildman–Crippen MR) is 80.0 cm³/mol. The van der Waals surface area contributed by atoms with E-state index in [9.17, 15) is 0 Å². The number of fused-ring (bicyclic) bond motifs is 1. The van der Waals surface area contributed by atoms with Crippen molar-refractivity contribution in [2.75, 3.05) is 20.3 Å². The highest BCUT2D eigenvalue weighted by atomic mass is 16.5. The van der Waals surface area contributed by atoms with Crippen molar-refractivity contribution in [2.45, 2.75) is 64.0 Å². The monoisotopic (exact) mass is 277 g/mol. The fourth-order valence-corrected chi connectivity index (χ4v) is 3.88. The van der Waals surface area contributed by atoms with Gasteiger partial charge >= 0.3 is 0 Å². The van der Waals surface area contributed by atoms with Gasteiger partial charge in [-0.2, -0.15) is 0 Å². The van der Waals surface area contributed by atoms with Crippen LogP contribution in [-0.4, -0.2) is 29.8 Å². The summed E-state index contributed by atoms with van der Waals surface area (Å²) in [6.07, 6.45) is 6.39. The number of ether oxygens (including phenoxy) is 1. The molecule has 0 unspecified atom stereocenters. The molecule has 20 heavy (non-hydrogen) atoms. The number of aromatic nitrogens is 2. The lowest BCUT2D eigenvalue weighted by Crippen LogP contribution is -2.36. The summed E-state index contributed by atoms with van der Waals surface area (Å²) in [5.41, 5.74) is 2.69. The lowest BCUT2D eigenvalue weighted by molar-refractivity contribution is 0.105. The normalized spacial score (nSPS) is 20.4. The van der Waals surface area contributed by atoms with Gasteiger partial charge in [0.1, 0.15) is 5.82 Å². The zero-order chi connectivity index (χ0) is 14.2. The van der Waals surface area contributed by atoms with Crippen LogP contribution in [0.5, 0.6) is 0 Å². The Morgan fingerprint density at radius 2 is 2.10 bits per heavy atom. The Morgan fingerprint density at radius 1 is 1.35 bits per heavy atom. The molecule has 1 aliphatic heterocycles. The number of hydrogen-bond acceptors (Lipinski definition) is 3. The molecule has 0 bridgehead atoms. The van der Waals surface area contributed by atoms with Crippen molar-refractivity contribution in [1.29, 1.82) is 0 Å². The second kappa shape index (κ2) is 5.49. The molecule has 1 N–H and O–H groups in total. The predicted octanol–water partition coefficient (Wildman–Crippen LogP) is 2.57. The first-order chi connectivity index (χ1) is 9.63.